The summed E-state index contributed by atoms with van der Waals surface area (Å²) in [4.78, 5) is 17.5. The van der Waals surface area contributed by atoms with E-state index in [9.17, 15) is 4.79 Å². The van der Waals surface area contributed by atoms with Crippen LogP contribution < -0.4 is 0 Å². The van der Waals surface area contributed by atoms with Crippen LogP contribution in [0.15, 0.2) is 41.9 Å². The topological polar surface area (TPSA) is 30.0 Å². The number of thiophene rings is 2. The van der Waals surface area contributed by atoms with Gasteiger partial charge in [0.1, 0.15) is 0 Å². The summed E-state index contributed by atoms with van der Waals surface area (Å²) < 4.78 is 2.38. The molecular formula is C14H11NOS2. The molecule has 0 aliphatic rings. The van der Waals surface area contributed by atoms with E-state index >= 15 is 0 Å². The van der Waals surface area contributed by atoms with Crippen molar-refractivity contribution in [2.75, 3.05) is 0 Å². The lowest BCUT2D eigenvalue weighted by molar-refractivity contribution is 0.0968. The molecule has 0 amide bonds. The monoisotopic (exact) mass is 273 g/mol. The molecule has 0 saturated heterocycles. The van der Waals surface area contributed by atoms with Gasteiger partial charge in [-0.2, -0.15) is 0 Å². The van der Waals surface area contributed by atoms with E-state index in [4.69, 9.17) is 0 Å². The molecule has 3 aromatic rings. The Hall–Kier alpha value is -1.52. The van der Waals surface area contributed by atoms with Crippen molar-refractivity contribution in [2.24, 2.45) is 0 Å². The first-order valence-corrected chi connectivity index (χ1v) is 7.37. The number of carbonyl (C=O) groups excluding carboxylic acids is 1. The molecule has 3 aromatic heterocycles. The van der Waals surface area contributed by atoms with Gasteiger partial charge < -0.3 is 0 Å². The van der Waals surface area contributed by atoms with E-state index in [0.29, 0.717) is 0 Å². The van der Waals surface area contributed by atoms with Gasteiger partial charge in [0.2, 0.25) is 0 Å². The van der Waals surface area contributed by atoms with Crippen LogP contribution in [0.1, 0.15) is 28.2 Å². The Kier molecular flexibility index (Phi) is 2.97. The highest BCUT2D eigenvalue weighted by atomic mass is 32.1. The third kappa shape index (κ3) is 1.98. The molecule has 3 rings (SSSR count). The molecule has 90 valence electrons. The molecule has 0 aliphatic heterocycles. The number of Topliss-reactive ketones (excluding diaryl/α,β-unsaturated/α-hetero) is 1. The van der Waals surface area contributed by atoms with Crippen molar-refractivity contribution in [3.63, 3.8) is 0 Å². The second kappa shape index (κ2) is 4.63. The predicted molar refractivity (Wildman–Crippen MR) is 76.7 cm³/mol. The first kappa shape index (κ1) is 11.6. The van der Waals surface area contributed by atoms with Crippen molar-refractivity contribution < 1.29 is 4.79 Å². The molecule has 0 aromatic carbocycles. The second-order valence-electron chi connectivity index (χ2n) is 4.10. The third-order valence-electron chi connectivity index (χ3n) is 2.91. The number of ketones is 1. The fourth-order valence-corrected chi connectivity index (χ4v) is 4.00. The fourth-order valence-electron chi connectivity index (χ4n) is 1.87. The van der Waals surface area contributed by atoms with Crippen LogP contribution in [0, 0.1) is 0 Å². The molecule has 0 aliphatic carbocycles. The van der Waals surface area contributed by atoms with Crippen molar-refractivity contribution in [3.8, 4) is 0 Å². The molecule has 0 N–H and O–H groups in total. The summed E-state index contributed by atoms with van der Waals surface area (Å²) in [5, 5.41) is 2.05. The lowest BCUT2D eigenvalue weighted by Crippen LogP contribution is -2.09. The summed E-state index contributed by atoms with van der Waals surface area (Å²) in [6.45, 7) is 1.92. The Morgan fingerprint density at radius 3 is 2.89 bits per heavy atom. The predicted octanol–water partition coefficient (Wildman–Crippen LogP) is 4.34. The number of nitrogens with zero attached hydrogens (tertiary/aromatic N) is 1. The normalized spacial score (nSPS) is 12.7. The largest absolute Gasteiger partial charge is 0.293 e. The Labute approximate surface area is 113 Å². The van der Waals surface area contributed by atoms with Crippen LogP contribution in [0.25, 0.3) is 9.40 Å². The van der Waals surface area contributed by atoms with Crippen LogP contribution in [0.4, 0.5) is 0 Å². The number of fused-ring (bicyclic) bond motifs is 1. The first-order chi connectivity index (χ1) is 8.75. The van der Waals surface area contributed by atoms with E-state index in [0.717, 1.165) is 10.6 Å². The number of pyridine rings is 1. The van der Waals surface area contributed by atoms with E-state index in [2.05, 4.69) is 16.4 Å². The average Bonchev–Trinajstić information content (AvgIpc) is 2.99. The molecule has 1 atom stereocenters. The third-order valence-corrected chi connectivity index (χ3v) is 5.01. The van der Waals surface area contributed by atoms with Crippen LogP contribution in [0.3, 0.4) is 0 Å². The number of hydrogen-bond acceptors (Lipinski definition) is 4. The van der Waals surface area contributed by atoms with E-state index < -0.39 is 0 Å². The number of rotatable bonds is 3. The van der Waals surface area contributed by atoms with Crippen LogP contribution in [0.5, 0.6) is 0 Å². The van der Waals surface area contributed by atoms with Crippen LogP contribution in [-0.4, -0.2) is 10.8 Å². The Morgan fingerprint density at radius 1 is 1.28 bits per heavy atom. The Balaban J connectivity index is 1.93. The standard InChI is InChI=1S/C14H11NOS2/c1-9(10-4-2-3-6-15-10)14(16)13-8-12-11(18-13)5-7-17-12/h2-9H,1H3. The van der Waals surface area contributed by atoms with Gasteiger partial charge in [-0.3, -0.25) is 9.78 Å². The SMILES string of the molecule is CC(C(=O)c1cc2sccc2s1)c1ccccn1. The van der Waals surface area contributed by atoms with Gasteiger partial charge in [0.05, 0.1) is 16.5 Å². The summed E-state index contributed by atoms with van der Waals surface area (Å²) >= 11 is 3.24. The van der Waals surface area contributed by atoms with Crippen molar-refractivity contribution in [1.82, 2.24) is 4.98 Å². The van der Waals surface area contributed by atoms with Gasteiger partial charge in [0, 0.05) is 15.6 Å². The fraction of sp³-hybridized carbons (Fsp3) is 0.143. The summed E-state index contributed by atoms with van der Waals surface area (Å²) in [5.74, 6) is -0.0268. The van der Waals surface area contributed by atoms with E-state index in [1.807, 2.05) is 31.2 Å². The highest BCUT2D eigenvalue weighted by molar-refractivity contribution is 7.27. The van der Waals surface area contributed by atoms with Gasteiger partial charge >= 0.3 is 0 Å². The maximum Gasteiger partial charge on any atom is 0.181 e. The summed E-state index contributed by atoms with van der Waals surface area (Å²) in [6.07, 6.45) is 1.73. The molecule has 4 heteroatoms. The van der Waals surface area contributed by atoms with Gasteiger partial charge in [-0.1, -0.05) is 6.07 Å². The molecule has 0 saturated carbocycles. The number of carbonyl (C=O) groups is 1. The van der Waals surface area contributed by atoms with Crippen molar-refractivity contribution in [3.05, 3.63) is 52.5 Å². The zero-order chi connectivity index (χ0) is 12.5. The Morgan fingerprint density at radius 2 is 2.17 bits per heavy atom. The summed E-state index contributed by atoms with van der Waals surface area (Å²) in [5.41, 5.74) is 0.833. The van der Waals surface area contributed by atoms with Crippen molar-refractivity contribution >= 4 is 37.9 Å². The smallest absolute Gasteiger partial charge is 0.181 e. The minimum Gasteiger partial charge on any atom is -0.293 e. The maximum absolute atomic E-state index is 12.4. The van der Waals surface area contributed by atoms with Crippen molar-refractivity contribution in [2.45, 2.75) is 12.8 Å². The van der Waals surface area contributed by atoms with Gasteiger partial charge in [-0.15, -0.1) is 22.7 Å². The number of aromatic nitrogens is 1. The molecule has 0 spiro atoms. The molecule has 3 heterocycles. The quantitative estimate of drug-likeness (QED) is 0.664. The highest BCUT2D eigenvalue weighted by Crippen LogP contribution is 2.32. The lowest BCUT2D eigenvalue weighted by Gasteiger charge is -2.07. The average molecular weight is 273 g/mol. The van der Waals surface area contributed by atoms with Crippen molar-refractivity contribution in [1.29, 1.82) is 0 Å². The van der Waals surface area contributed by atoms with Gasteiger partial charge in [0.25, 0.3) is 0 Å². The highest BCUT2D eigenvalue weighted by Gasteiger charge is 2.20. The molecule has 0 bridgehead atoms. The molecule has 0 fully saturated rings. The summed E-state index contributed by atoms with van der Waals surface area (Å²) in [6, 6.07) is 9.73. The van der Waals surface area contributed by atoms with Crippen LogP contribution in [-0.2, 0) is 0 Å². The summed E-state index contributed by atoms with van der Waals surface area (Å²) in [7, 11) is 0. The minimum atomic E-state index is -0.182. The first-order valence-electron chi connectivity index (χ1n) is 5.68. The molecule has 18 heavy (non-hydrogen) atoms. The Bertz CT molecular complexity index is 655. The van der Waals surface area contributed by atoms with Gasteiger partial charge in [0.15, 0.2) is 5.78 Å². The zero-order valence-corrected chi connectivity index (χ0v) is 11.4. The second-order valence-corrected chi connectivity index (χ2v) is 6.13. The minimum absolute atomic E-state index is 0.155. The van der Waals surface area contributed by atoms with Gasteiger partial charge in [-0.05, 0) is 36.6 Å². The van der Waals surface area contributed by atoms with Crippen LogP contribution in [0.2, 0.25) is 0 Å². The maximum atomic E-state index is 12.4. The molecule has 0 radical (unpaired) electrons. The number of hydrogen-bond donors (Lipinski definition) is 0. The van der Waals surface area contributed by atoms with E-state index in [-0.39, 0.29) is 11.7 Å². The zero-order valence-electron chi connectivity index (χ0n) is 9.79. The van der Waals surface area contributed by atoms with Gasteiger partial charge in [-0.25, -0.2) is 0 Å². The van der Waals surface area contributed by atoms with E-state index in [1.54, 1.807) is 28.9 Å². The van der Waals surface area contributed by atoms with E-state index in [1.165, 1.54) is 9.40 Å². The molecular weight excluding hydrogens is 262 g/mol. The molecule has 1 unspecified atom stereocenters. The lowest BCUT2D eigenvalue weighted by atomic mass is 10.0. The molecule has 2 nitrogen and oxygen atoms in total. The van der Waals surface area contributed by atoms with Crippen LogP contribution >= 0.6 is 22.7 Å².